The SMILES string of the molecule is CCOC(=O)CC1(c2ccccc2)CCCC=C1C#N. The summed E-state index contributed by atoms with van der Waals surface area (Å²) in [5.41, 5.74) is 1.21. The Morgan fingerprint density at radius 1 is 1.40 bits per heavy atom. The zero-order chi connectivity index (χ0) is 14.4. The summed E-state index contributed by atoms with van der Waals surface area (Å²) >= 11 is 0. The summed E-state index contributed by atoms with van der Waals surface area (Å²) in [6.07, 6.45) is 4.91. The molecule has 0 aromatic heterocycles. The van der Waals surface area contributed by atoms with Crippen LogP contribution in [0.25, 0.3) is 0 Å². The molecule has 0 bridgehead atoms. The van der Waals surface area contributed by atoms with Crippen molar-refractivity contribution in [2.45, 2.75) is 38.0 Å². The van der Waals surface area contributed by atoms with Gasteiger partial charge in [0, 0.05) is 11.0 Å². The van der Waals surface area contributed by atoms with Crippen molar-refractivity contribution in [2.24, 2.45) is 0 Å². The van der Waals surface area contributed by atoms with Gasteiger partial charge in [0.25, 0.3) is 0 Å². The Hall–Kier alpha value is -2.08. The fraction of sp³-hybridized carbons (Fsp3) is 0.412. The number of benzene rings is 1. The Morgan fingerprint density at radius 3 is 2.80 bits per heavy atom. The summed E-state index contributed by atoms with van der Waals surface area (Å²) in [5.74, 6) is -0.237. The molecule has 0 spiro atoms. The van der Waals surface area contributed by atoms with Crippen molar-refractivity contribution in [3.63, 3.8) is 0 Å². The maximum absolute atomic E-state index is 12.0. The highest BCUT2D eigenvalue weighted by molar-refractivity contribution is 5.73. The zero-order valence-electron chi connectivity index (χ0n) is 11.8. The number of rotatable bonds is 4. The first-order chi connectivity index (χ1) is 9.73. The van der Waals surface area contributed by atoms with Gasteiger partial charge in [-0.05, 0) is 31.7 Å². The predicted octanol–water partition coefficient (Wildman–Crippen LogP) is 3.51. The highest BCUT2D eigenvalue weighted by Crippen LogP contribution is 2.43. The molecule has 1 aromatic carbocycles. The first kappa shape index (κ1) is 14.3. The van der Waals surface area contributed by atoms with E-state index in [4.69, 9.17) is 4.74 Å². The molecule has 1 aromatic rings. The second-order valence-corrected chi connectivity index (χ2v) is 5.05. The molecule has 1 aliphatic carbocycles. The summed E-state index contributed by atoms with van der Waals surface area (Å²) in [7, 11) is 0. The monoisotopic (exact) mass is 269 g/mol. The van der Waals surface area contributed by atoms with Gasteiger partial charge < -0.3 is 4.74 Å². The molecule has 1 aliphatic rings. The van der Waals surface area contributed by atoms with E-state index in [9.17, 15) is 10.1 Å². The molecule has 0 saturated carbocycles. The van der Waals surface area contributed by atoms with Crippen LogP contribution in [0.15, 0.2) is 42.0 Å². The van der Waals surface area contributed by atoms with Crippen molar-refractivity contribution >= 4 is 5.97 Å². The van der Waals surface area contributed by atoms with E-state index in [0.29, 0.717) is 12.2 Å². The van der Waals surface area contributed by atoms with E-state index in [2.05, 4.69) is 6.07 Å². The topological polar surface area (TPSA) is 50.1 Å². The smallest absolute Gasteiger partial charge is 0.307 e. The molecule has 2 rings (SSSR count). The lowest BCUT2D eigenvalue weighted by Gasteiger charge is -2.35. The van der Waals surface area contributed by atoms with Gasteiger partial charge >= 0.3 is 5.97 Å². The molecule has 0 heterocycles. The molecule has 104 valence electrons. The average Bonchev–Trinajstić information content (AvgIpc) is 2.49. The molecule has 0 amide bonds. The largest absolute Gasteiger partial charge is 0.466 e. The third-order valence-electron chi connectivity index (χ3n) is 3.87. The number of carbonyl (C=O) groups is 1. The molecular formula is C17H19NO2. The van der Waals surface area contributed by atoms with Crippen LogP contribution in [0.1, 0.15) is 38.2 Å². The minimum absolute atomic E-state index is 0.237. The fourth-order valence-electron chi connectivity index (χ4n) is 2.93. The lowest BCUT2D eigenvalue weighted by atomic mass is 9.66. The maximum Gasteiger partial charge on any atom is 0.307 e. The van der Waals surface area contributed by atoms with Gasteiger partial charge in [-0.3, -0.25) is 4.79 Å². The number of hydrogen-bond acceptors (Lipinski definition) is 3. The molecule has 0 radical (unpaired) electrons. The van der Waals surface area contributed by atoms with Gasteiger partial charge in [0.1, 0.15) is 0 Å². The first-order valence-corrected chi connectivity index (χ1v) is 7.05. The molecule has 3 nitrogen and oxygen atoms in total. The Morgan fingerprint density at radius 2 is 2.15 bits per heavy atom. The van der Waals surface area contributed by atoms with Crippen molar-refractivity contribution in [2.75, 3.05) is 6.61 Å². The van der Waals surface area contributed by atoms with E-state index in [0.717, 1.165) is 24.8 Å². The van der Waals surface area contributed by atoms with Crippen LogP contribution < -0.4 is 0 Å². The summed E-state index contributed by atoms with van der Waals surface area (Å²) in [6, 6.07) is 12.1. The number of esters is 1. The highest BCUT2D eigenvalue weighted by Gasteiger charge is 2.40. The fourth-order valence-corrected chi connectivity index (χ4v) is 2.93. The number of nitriles is 1. The minimum Gasteiger partial charge on any atom is -0.466 e. The molecule has 0 saturated heterocycles. The van der Waals surface area contributed by atoms with Gasteiger partial charge in [0.2, 0.25) is 0 Å². The van der Waals surface area contributed by atoms with Crippen LogP contribution >= 0.6 is 0 Å². The molecule has 0 N–H and O–H groups in total. The van der Waals surface area contributed by atoms with Crippen molar-refractivity contribution in [1.29, 1.82) is 5.26 Å². The minimum atomic E-state index is -0.513. The van der Waals surface area contributed by atoms with E-state index in [-0.39, 0.29) is 12.4 Å². The third-order valence-corrected chi connectivity index (χ3v) is 3.87. The van der Waals surface area contributed by atoms with Crippen molar-refractivity contribution < 1.29 is 9.53 Å². The summed E-state index contributed by atoms with van der Waals surface area (Å²) in [5, 5.41) is 9.46. The normalized spacial score (nSPS) is 21.7. The maximum atomic E-state index is 12.0. The summed E-state index contributed by atoms with van der Waals surface area (Å²) < 4.78 is 5.11. The van der Waals surface area contributed by atoms with Crippen molar-refractivity contribution in [1.82, 2.24) is 0 Å². The Bertz CT molecular complexity index is 542. The van der Waals surface area contributed by atoms with E-state index in [1.165, 1.54) is 0 Å². The predicted molar refractivity (Wildman–Crippen MR) is 76.9 cm³/mol. The van der Waals surface area contributed by atoms with E-state index in [1.807, 2.05) is 36.4 Å². The van der Waals surface area contributed by atoms with Gasteiger partial charge in [-0.2, -0.15) is 5.26 Å². The van der Waals surface area contributed by atoms with Crippen molar-refractivity contribution in [3.05, 3.63) is 47.5 Å². The van der Waals surface area contributed by atoms with Crippen LogP contribution in [0.5, 0.6) is 0 Å². The Labute approximate surface area is 119 Å². The van der Waals surface area contributed by atoms with E-state index < -0.39 is 5.41 Å². The molecule has 0 aliphatic heterocycles. The van der Waals surface area contributed by atoms with Crippen LogP contribution in [0, 0.1) is 11.3 Å². The molecule has 20 heavy (non-hydrogen) atoms. The lowest BCUT2D eigenvalue weighted by molar-refractivity contribution is -0.144. The standard InChI is InChI=1S/C17H19NO2/c1-2-20-16(19)12-17(14-8-4-3-5-9-14)11-7-6-10-15(17)13-18/h3-5,8-10H,2,6-7,11-12H2,1H3. The molecule has 1 atom stereocenters. The number of allylic oxidation sites excluding steroid dienone is 2. The third kappa shape index (κ3) is 2.75. The number of hydrogen-bond donors (Lipinski definition) is 0. The zero-order valence-corrected chi connectivity index (χ0v) is 11.8. The van der Waals surface area contributed by atoms with Crippen LogP contribution in [0.4, 0.5) is 0 Å². The number of ether oxygens (including phenoxy) is 1. The number of nitrogens with zero attached hydrogens (tertiary/aromatic N) is 1. The molecular weight excluding hydrogens is 250 g/mol. The van der Waals surface area contributed by atoms with E-state index >= 15 is 0 Å². The van der Waals surface area contributed by atoms with Gasteiger partial charge in [-0.15, -0.1) is 0 Å². The average molecular weight is 269 g/mol. The highest BCUT2D eigenvalue weighted by atomic mass is 16.5. The molecule has 1 unspecified atom stereocenters. The van der Waals surface area contributed by atoms with Crippen LogP contribution in [-0.4, -0.2) is 12.6 Å². The van der Waals surface area contributed by atoms with Crippen LogP contribution in [0.2, 0.25) is 0 Å². The van der Waals surface area contributed by atoms with Gasteiger partial charge in [-0.25, -0.2) is 0 Å². The van der Waals surface area contributed by atoms with Gasteiger partial charge in [0.05, 0.1) is 19.1 Å². The summed E-state index contributed by atoms with van der Waals surface area (Å²) in [6.45, 7) is 2.17. The van der Waals surface area contributed by atoms with Gasteiger partial charge in [0.15, 0.2) is 0 Å². The van der Waals surface area contributed by atoms with Crippen LogP contribution in [-0.2, 0) is 14.9 Å². The second-order valence-electron chi connectivity index (χ2n) is 5.05. The summed E-state index contributed by atoms with van der Waals surface area (Å²) in [4.78, 5) is 12.0. The molecule has 3 heteroatoms. The number of carbonyl (C=O) groups excluding carboxylic acids is 1. The second kappa shape index (κ2) is 6.38. The Balaban J connectivity index is 2.44. The van der Waals surface area contributed by atoms with Gasteiger partial charge in [-0.1, -0.05) is 36.4 Å². The Kier molecular flexibility index (Phi) is 4.57. The van der Waals surface area contributed by atoms with Crippen LogP contribution in [0.3, 0.4) is 0 Å². The van der Waals surface area contributed by atoms with Crippen molar-refractivity contribution in [3.8, 4) is 6.07 Å². The lowest BCUT2D eigenvalue weighted by Crippen LogP contribution is -2.34. The quantitative estimate of drug-likeness (QED) is 0.786. The first-order valence-electron chi connectivity index (χ1n) is 7.05. The molecule has 0 fully saturated rings. The van der Waals surface area contributed by atoms with E-state index in [1.54, 1.807) is 6.92 Å².